The van der Waals surface area contributed by atoms with Crippen LogP contribution < -0.4 is 0 Å². The van der Waals surface area contributed by atoms with Gasteiger partial charge in [-0.2, -0.15) is 0 Å². The molecule has 0 unspecified atom stereocenters. The van der Waals surface area contributed by atoms with Crippen LogP contribution >= 0.6 is 0 Å². The Balaban J connectivity index is 2.29. The van der Waals surface area contributed by atoms with E-state index in [0.717, 1.165) is 6.07 Å². The number of nitro groups is 2. The maximum atomic E-state index is 12.1. The van der Waals surface area contributed by atoms with Crippen molar-refractivity contribution in [1.29, 1.82) is 0 Å². The Labute approximate surface area is 139 Å². The summed E-state index contributed by atoms with van der Waals surface area (Å²) in [6.45, 7) is 0. The van der Waals surface area contributed by atoms with E-state index in [1.54, 1.807) is 0 Å². The van der Waals surface area contributed by atoms with Crippen molar-refractivity contribution in [3.63, 3.8) is 0 Å². The van der Waals surface area contributed by atoms with Gasteiger partial charge in [-0.1, -0.05) is 12.1 Å². The molecule has 0 aromatic heterocycles. The first-order valence-corrected chi connectivity index (χ1v) is 6.72. The van der Waals surface area contributed by atoms with Crippen LogP contribution in [0, 0.1) is 20.2 Å². The molecule has 10 nitrogen and oxygen atoms in total. The maximum absolute atomic E-state index is 12.1. The van der Waals surface area contributed by atoms with E-state index < -0.39 is 50.6 Å². The molecule has 0 bridgehead atoms. The van der Waals surface area contributed by atoms with E-state index in [4.69, 9.17) is 0 Å². The highest BCUT2D eigenvalue weighted by Gasteiger charge is 2.23. The van der Waals surface area contributed by atoms with Crippen LogP contribution in [0.15, 0.2) is 36.4 Å². The van der Waals surface area contributed by atoms with Crippen LogP contribution in [0.1, 0.15) is 27.1 Å². The number of phenolic OH excluding ortho intramolecular Hbond substituents is 2. The topological polar surface area (TPSA) is 161 Å². The molecule has 0 saturated carbocycles. The number of Topliss-reactive ketones (excluding diaryl/α,β-unsaturated/α-hetero) is 2. The monoisotopic (exact) mass is 346 g/mol. The predicted molar refractivity (Wildman–Crippen MR) is 82.8 cm³/mol. The van der Waals surface area contributed by atoms with E-state index in [1.165, 1.54) is 18.2 Å². The number of phenols is 2. The minimum absolute atomic E-state index is 0.0877. The lowest BCUT2D eigenvalue weighted by atomic mass is 10.00. The number of carbonyl (C=O) groups is 2. The Bertz CT molecular complexity index is 906. The molecule has 2 aromatic rings. The zero-order chi connectivity index (χ0) is 18.7. The molecule has 0 aliphatic carbocycles. The summed E-state index contributed by atoms with van der Waals surface area (Å²) >= 11 is 0. The second-order valence-electron chi connectivity index (χ2n) is 4.95. The fraction of sp³-hybridized carbons (Fsp3) is 0.0667. The predicted octanol–water partition coefficient (Wildman–Crippen LogP) is 2.37. The van der Waals surface area contributed by atoms with Gasteiger partial charge in [-0.3, -0.25) is 29.8 Å². The number of non-ortho nitro benzene ring substituents is 1. The van der Waals surface area contributed by atoms with Crippen molar-refractivity contribution in [1.82, 2.24) is 0 Å². The smallest absolute Gasteiger partial charge is 0.311 e. The Hall–Kier alpha value is -3.82. The molecule has 0 radical (unpaired) electrons. The number of ketones is 2. The summed E-state index contributed by atoms with van der Waals surface area (Å²) in [5.41, 5.74) is -1.73. The van der Waals surface area contributed by atoms with Crippen molar-refractivity contribution >= 4 is 22.9 Å². The van der Waals surface area contributed by atoms with Gasteiger partial charge in [0.25, 0.3) is 5.69 Å². The quantitative estimate of drug-likeness (QED) is 0.348. The Morgan fingerprint density at radius 1 is 0.920 bits per heavy atom. The largest absolute Gasteiger partial charge is 0.507 e. The normalized spacial score (nSPS) is 10.2. The van der Waals surface area contributed by atoms with E-state index in [0.29, 0.717) is 12.1 Å². The van der Waals surface area contributed by atoms with Crippen LogP contribution in [-0.4, -0.2) is 31.6 Å². The molecular formula is C15H10N2O8. The van der Waals surface area contributed by atoms with Crippen molar-refractivity contribution in [2.24, 2.45) is 0 Å². The molecule has 0 saturated heterocycles. The van der Waals surface area contributed by atoms with Gasteiger partial charge in [0, 0.05) is 29.8 Å². The molecule has 0 spiro atoms. The SMILES string of the molecule is O=C(CC(=O)c1cc([N+](=O)[O-])c(O)cc1O)c1cccc([N+](=O)[O-])c1. The number of nitro benzene ring substituents is 2. The summed E-state index contributed by atoms with van der Waals surface area (Å²) in [6.07, 6.45) is -0.767. The highest BCUT2D eigenvalue weighted by Crippen LogP contribution is 2.33. The van der Waals surface area contributed by atoms with E-state index >= 15 is 0 Å². The minimum Gasteiger partial charge on any atom is -0.507 e. The maximum Gasteiger partial charge on any atom is 0.311 e. The van der Waals surface area contributed by atoms with Gasteiger partial charge in [0.1, 0.15) is 5.75 Å². The van der Waals surface area contributed by atoms with Gasteiger partial charge < -0.3 is 10.2 Å². The third-order valence-electron chi connectivity index (χ3n) is 3.29. The van der Waals surface area contributed by atoms with Crippen LogP contribution in [0.25, 0.3) is 0 Å². The summed E-state index contributed by atoms with van der Waals surface area (Å²) in [5.74, 6) is -3.25. The molecule has 25 heavy (non-hydrogen) atoms. The van der Waals surface area contributed by atoms with Gasteiger partial charge >= 0.3 is 5.69 Å². The first kappa shape index (κ1) is 17.5. The third kappa shape index (κ3) is 3.75. The lowest BCUT2D eigenvalue weighted by Gasteiger charge is -2.05. The molecule has 2 rings (SSSR count). The van der Waals surface area contributed by atoms with Gasteiger partial charge in [-0.25, -0.2) is 0 Å². The fourth-order valence-electron chi connectivity index (χ4n) is 2.07. The average Bonchev–Trinajstić information content (AvgIpc) is 2.54. The second-order valence-corrected chi connectivity index (χ2v) is 4.95. The van der Waals surface area contributed by atoms with Crippen molar-refractivity contribution in [2.45, 2.75) is 6.42 Å². The van der Waals surface area contributed by atoms with Gasteiger partial charge in [-0.15, -0.1) is 0 Å². The fourth-order valence-corrected chi connectivity index (χ4v) is 2.07. The molecule has 0 aliphatic rings. The molecule has 0 amide bonds. The lowest BCUT2D eigenvalue weighted by Crippen LogP contribution is -2.09. The van der Waals surface area contributed by atoms with E-state index in [2.05, 4.69) is 0 Å². The summed E-state index contributed by atoms with van der Waals surface area (Å²) in [6, 6.07) is 6.01. The van der Waals surface area contributed by atoms with Crippen LogP contribution in [0.5, 0.6) is 11.5 Å². The zero-order valence-corrected chi connectivity index (χ0v) is 12.4. The van der Waals surface area contributed by atoms with Crippen molar-refractivity contribution in [3.05, 3.63) is 67.8 Å². The molecule has 128 valence electrons. The Morgan fingerprint density at radius 3 is 2.20 bits per heavy atom. The highest BCUT2D eigenvalue weighted by atomic mass is 16.6. The average molecular weight is 346 g/mol. The number of rotatable bonds is 6. The molecule has 2 N–H and O–H groups in total. The number of hydrogen-bond donors (Lipinski definition) is 2. The molecule has 10 heteroatoms. The van der Waals surface area contributed by atoms with Crippen molar-refractivity contribution in [3.8, 4) is 11.5 Å². The minimum atomic E-state index is -0.950. The van der Waals surface area contributed by atoms with E-state index in [1.807, 2.05) is 0 Å². The summed E-state index contributed by atoms with van der Waals surface area (Å²) in [4.78, 5) is 44.1. The van der Waals surface area contributed by atoms with E-state index in [9.17, 15) is 40.0 Å². The van der Waals surface area contributed by atoms with Gasteiger partial charge in [-0.05, 0) is 0 Å². The molecule has 0 heterocycles. The molecule has 0 fully saturated rings. The molecule has 2 aromatic carbocycles. The molecular weight excluding hydrogens is 336 g/mol. The highest BCUT2D eigenvalue weighted by molar-refractivity contribution is 6.14. The number of aromatic hydroxyl groups is 2. The van der Waals surface area contributed by atoms with Crippen LogP contribution in [-0.2, 0) is 0 Å². The summed E-state index contributed by atoms with van der Waals surface area (Å²) in [5, 5.41) is 40.5. The van der Waals surface area contributed by atoms with Gasteiger partial charge in [0.05, 0.1) is 21.8 Å². The van der Waals surface area contributed by atoms with Gasteiger partial charge in [0.15, 0.2) is 17.3 Å². The first-order chi connectivity index (χ1) is 11.7. The third-order valence-corrected chi connectivity index (χ3v) is 3.29. The van der Waals surface area contributed by atoms with Crippen LogP contribution in [0.3, 0.4) is 0 Å². The zero-order valence-electron chi connectivity index (χ0n) is 12.4. The van der Waals surface area contributed by atoms with Crippen LogP contribution in [0.4, 0.5) is 11.4 Å². The van der Waals surface area contributed by atoms with Crippen molar-refractivity contribution < 1.29 is 29.6 Å². The number of carbonyl (C=O) groups excluding carboxylic acids is 2. The number of nitrogens with zero attached hydrogens (tertiary/aromatic N) is 2. The second kappa shape index (κ2) is 6.74. The number of benzene rings is 2. The molecule has 0 aliphatic heterocycles. The Morgan fingerprint density at radius 2 is 1.60 bits per heavy atom. The van der Waals surface area contributed by atoms with Crippen LogP contribution in [0.2, 0.25) is 0 Å². The summed E-state index contributed by atoms with van der Waals surface area (Å²) in [7, 11) is 0. The van der Waals surface area contributed by atoms with Gasteiger partial charge in [0.2, 0.25) is 0 Å². The summed E-state index contributed by atoms with van der Waals surface area (Å²) < 4.78 is 0. The first-order valence-electron chi connectivity index (χ1n) is 6.72. The lowest BCUT2D eigenvalue weighted by molar-refractivity contribution is -0.385. The van der Waals surface area contributed by atoms with Crippen molar-refractivity contribution in [2.75, 3.05) is 0 Å². The molecule has 0 atom stereocenters. The number of hydrogen-bond acceptors (Lipinski definition) is 8. The van der Waals surface area contributed by atoms with E-state index in [-0.39, 0.29) is 11.3 Å². The Kier molecular flexibility index (Phi) is 4.73. The standard InChI is InChI=1S/C15H10N2O8/c18-12(8-2-1-3-9(4-8)16(22)23)6-13(19)10-5-11(17(24)25)15(21)7-14(10)20/h1-5,7,20-21H,6H2.